The Bertz CT molecular complexity index is 765. The van der Waals surface area contributed by atoms with Gasteiger partial charge in [-0.25, -0.2) is 4.98 Å². The van der Waals surface area contributed by atoms with Crippen LogP contribution in [0.3, 0.4) is 0 Å². The quantitative estimate of drug-likeness (QED) is 0.728. The minimum atomic E-state index is -0.306. The Morgan fingerprint density at radius 1 is 1.17 bits per heavy atom. The van der Waals surface area contributed by atoms with Crippen molar-refractivity contribution < 1.29 is 14.6 Å². The van der Waals surface area contributed by atoms with Crippen molar-refractivity contribution in [3.8, 4) is 16.7 Å². The molecular weight excluding hydrogens is 310 g/mol. The molecule has 0 saturated carbocycles. The van der Waals surface area contributed by atoms with Gasteiger partial charge in [0.2, 0.25) is 0 Å². The Labute approximate surface area is 139 Å². The molecule has 1 unspecified atom stereocenters. The largest absolute Gasteiger partial charge is 0.493 e. The molecule has 0 saturated heterocycles. The van der Waals surface area contributed by atoms with Crippen molar-refractivity contribution in [1.29, 1.82) is 0 Å². The van der Waals surface area contributed by atoms with Crippen molar-refractivity contribution in [1.82, 2.24) is 4.98 Å². The van der Waals surface area contributed by atoms with Crippen molar-refractivity contribution in [2.75, 3.05) is 7.11 Å². The highest BCUT2D eigenvalue weighted by Gasteiger charge is 2.11. The number of aromatic nitrogens is 1. The molecule has 1 N–H and O–H groups in total. The van der Waals surface area contributed by atoms with Crippen molar-refractivity contribution in [2.45, 2.75) is 25.9 Å². The first-order valence-electron chi connectivity index (χ1n) is 7.54. The van der Waals surface area contributed by atoms with E-state index in [1.807, 2.05) is 42.5 Å². The minimum Gasteiger partial charge on any atom is -0.493 e. The van der Waals surface area contributed by atoms with E-state index in [9.17, 15) is 5.11 Å². The molecule has 5 heteroatoms. The Morgan fingerprint density at radius 3 is 2.74 bits per heavy atom. The predicted molar refractivity (Wildman–Crippen MR) is 92.7 cm³/mol. The molecule has 3 aromatic rings. The Balaban J connectivity index is 1.81. The maximum atomic E-state index is 9.40. The third-order valence-corrected chi connectivity index (χ3v) is 4.46. The van der Waals surface area contributed by atoms with Gasteiger partial charge in [0.15, 0.2) is 11.5 Å². The van der Waals surface area contributed by atoms with Crippen molar-refractivity contribution in [3.63, 3.8) is 0 Å². The number of methoxy groups -OCH3 is 1. The van der Waals surface area contributed by atoms with Crippen LogP contribution in [0.1, 0.15) is 18.9 Å². The summed E-state index contributed by atoms with van der Waals surface area (Å²) in [6.45, 7) is 1.79. The summed E-state index contributed by atoms with van der Waals surface area (Å²) in [6.07, 6.45) is 1.22. The molecule has 0 aliphatic carbocycles. The van der Waals surface area contributed by atoms with Crippen LogP contribution in [0.2, 0.25) is 0 Å². The van der Waals surface area contributed by atoms with E-state index in [0.717, 1.165) is 28.6 Å². The first kappa shape index (κ1) is 15.8. The highest BCUT2D eigenvalue weighted by molar-refractivity contribution is 7.20. The van der Waals surface area contributed by atoms with Crippen molar-refractivity contribution >= 4 is 21.6 Å². The van der Waals surface area contributed by atoms with Crippen LogP contribution in [0.4, 0.5) is 0 Å². The van der Waals surface area contributed by atoms with Gasteiger partial charge in [-0.3, -0.25) is 0 Å². The van der Waals surface area contributed by atoms with E-state index in [0.29, 0.717) is 16.7 Å². The normalized spacial score (nSPS) is 12.3. The van der Waals surface area contributed by atoms with Crippen LogP contribution in [0.5, 0.6) is 16.7 Å². The van der Waals surface area contributed by atoms with Gasteiger partial charge < -0.3 is 14.6 Å². The summed E-state index contributed by atoms with van der Waals surface area (Å²) in [5.74, 6) is 1.32. The average molecular weight is 329 g/mol. The molecule has 4 nitrogen and oxygen atoms in total. The van der Waals surface area contributed by atoms with Crippen LogP contribution >= 0.6 is 11.3 Å². The van der Waals surface area contributed by atoms with Gasteiger partial charge in [-0.05, 0) is 49.6 Å². The van der Waals surface area contributed by atoms with Crippen LogP contribution in [0.15, 0.2) is 42.5 Å². The number of aryl methyl sites for hydroxylation is 1. The van der Waals surface area contributed by atoms with Crippen LogP contribution < -0.4 is 9.47 Å². The second-order valence-electron chi connectivity index (χ2n) is 5.42. The zero-order valence-corrected chi connectivity index (χ0v) is 14.0. The SMILES string of the molecule is COc1cc(CCC(C)O)ccc1Oc1nc2ccccc2s1. The number of nitrogens with zero attached hydrogens (tertiary/aromatic N) is 1. The summed E-state index contributed by atoms with van der Waals surface area (Å²) in [7, 11) is 1.62. The lowest BCUT2D eigenvalue weighted by atomic mass is 10.1. The lowest BCUT2D eigenvalue weighted by molar-refractivity contribution is 0.185. The molecule has 0 bridgehead atoms. The van der Waals surface area contributed by atoms with Gasteiger partial charge in [0, 0.05) is 0 Å². The summed E-state index contributed by atoms with van der Waals surface area (Å²) >= 11 is 1.51. The number of hydrogen-bond donors (Lipinski definition) is 1. The number of benzene rings is 2. The molecule has 120 valence electrons. The Morgan fingerprint density at radius 2 is 2.00 bits per heavy atom. The minimum absolute atomic E-state index is 0.306. The fourth-order valence-electron chi connectivity index (χ4n) is 2.32. The molecule has 0 fully saturated rings. The molecule has 1 atom stereocenters. The van der Waals surface area contributed by atoms with Crippen molar-refractivity contribution in [3.05, 3.63) is 48.0 Å². The van der Waals surface area contributed by atoms with E-state index >= 15 is 0 Å². The first-order chi connectivity index (χ1) is 11.2. The fourth-order valence-corrected chi connectivity index (χ4v) is 3.14. The molecule has 1 heterocycles. The number of hydrogen-bond acceptors (Lipinski definition) is 5. The van der Waals surface area contributed by atoms with E-state index in [1.165, 1.54) is 11.3 Å². The molecule has 0 amide bonds. The van der Waals surface area contributed by atoms with Gasteiger partial charge in [-0.1, -0.05) is 29.5 Å². The number of rotatable bonds is 6. The summed E-state index contributed by atoms with van der Waals surface area (Å²) < 4.78 is 12.4. The molecule has 0 aliphatic rings. The van der Waals surface area contributed by atoms with Crippen LogP contribution in [-0.2, 0) is 6.42 Å². The van der Waals surface area contributed by atoms with Gasteiger partial charge in [0.1, 0.15) is 0 Å². The lowest BCUT2D eigenvalue weighted by Crippen LogP contribution is -2.01. The average Bonchev–Trinajstić information content (AvgIpc) is 2.96. The maximum Gasteiger partial charge on any atom is 0.279 e. The van der Waals surface area contributed by atoms with Gasteiger partial charge in [-0.2, -0.15) is 0 Å². The summed E-state index contributed by atoms with van der Waals surface area (Å²) in [4.78, 5) is 4.47. The van der Waals surface area contributed by atoms with Crippen LogP contribution in [-0.4, -0.2) is 23.3 Å². The Kier molecular flexibility index (Phi) is 4.79. The smallest absolute Gasteiger partial charge is 0.279 e. The predicted octanol–water partition coefficient (Wildman–Crippen LogP) is 4.41. The van der Waals surface area contributed by atoms with Gasteiger partial charge in [0.05, 0.1) is 23.4 Å². The summed E-state index contributed by atoms with van der Waals surface area (Å²) in [6, 6.07) is 13.8. The number of aliphatic hydroxyl groups is 1. The van der Waals surface area contributed by atoms with Gasteiger partial charge in [0.25, 0.3) is 5.19 Å². The monoisotopic (exact) mass is 329 g/mol. The molecule has 1 aromatic heterocycles. The van der Waals surface area contributed by atoms with Gasteiger partial charge in [-0.15, -0.1) is 0 Å². The van der Waals surface area contributed by atoms with Gasteiger partial charge >= 0.3 is 0 Å². The second-order valence-corrected chi connectivity index (χ2v) is 6.42. The lowest BCUT2D eigenvalue weighted by Gasteiger charge is -2.11. The molecule has 23 heavy (non-hydrogen) atoms. The number of ether oxygens (including phenoxy) is 2. The standard InChI is InChI=1S/C18H19NO3S/c1-12(20)7-8-13-9-10-15(16(11-13)21-2)22-18-19-14-5-3-4-6-17(14)23-18/h3-6,9-12,20H,7-8H2,1-2H3. The maximum absolute atomic E-state index is 9.40. The third kappa shape index (κ3) is 3.81. The highest BCUT2D eigenvalue weighted by Crippen LogP contribution is 2.36. The van der Waals surface area contributed by atoms with Crippen LogP contribution in [0.25, 0.3) is 10.2 Å². The highest BCUT2D eigenvalue weighted by atomic mass is 32.1. The summed E-state index contributed by atoms with van der Waals surface area (Å²) in [5, 5.41) is 9.99. The fraction of sp³-hybridized carbons (Fsp3) is 0.278. The zero-order chi connectivity index (χ0) is 16.2. The number of aliphatic hydroxyl groups excluding tert-OH is 1. The van der Waals surface area contributed by atoms with E-state index in [2.05, 4.69) is 4.98 Å². The molecule has 0 radical (unpaired) electrons. The second kappa shape index (κ2) is 6.98. The zero-order valence-electron chi connectivity index (χ0n) is 13.2. The van der Waals surface area contributed by atoms with E-state index in [1.54, 1.807) is 14.0 Å². The van der Waals surface area contributed by atoms with E-state index in [4.69, 9.17) is 9.47 Å². The van der Waals surface area contributed by atoms with Crippen LogP contribution in [0, 0.1) is 0 Å². The van der Waals surface area contributed by atoms with E-state index in [-0.39, 0.29) is 6.10 Å². The number of fused-ring (bicyclic) bond motifs is 1. The molecule has 0 aliphatic heterocycles. The third-order valence-electron chi connectivity index (χ3n) is 3.55. The summed E-state index contributed by atoms with van der Waals surface area (Å²) in [5.41, 5.74) is 2.04. The molecular formula is C18H19NO3S. The topological polar surface area (TPSA) is 51.6 Å². The Hall–Kier alpha value is -2.11. The molecule has 0 spiro atoms. The molecule has 2 aromatic carbocycles. The first-order valence-corrected chi connectivity index (χ1v) is 8.36. The number of para-hydroxylation sites is 1. The molecule has 3 rings (SSSR count). The van der Waals surface area contributed by atoms with E-state index < -0.39 is 0 Å². The van der Waals surface area contributed by atoms with Crippen molar-refractivity contribution in [2.24, 2.45) is 0 Å². The number of thiazole rings is 1.